The minimum atomic E-state index is -0.496. The number of benzene rings is 1. The van der Waals surface area contributed by atoms with Gasteiger partial charge in [-0.25, -0.2) is 4.39 Å². The third kappa shape index (κ3) is 2.29. The summed E-state index contributed by atoms with van der Waals surface area (Å²) >= 11 is 6.54. The highest BCUT2D eigenvalue weighted by Crippen LogP contribution is 2.26. The summed E-state index contributed by atoms with van der Waals surface area (Å²) in [6.07, 6.45) is 1.52. The van der Waals surface area contributed by atoms with Gasteiger partial charge in [0, 0.05) is 20.5 Å². The molecule has 0 bridgehead atoms. The van der Waals surface area contributed by atoms with Crippen LogP contribution < -0.4 is 0 Å². The number of hydrogen-bond donors (Lipinski definition) is 0. The maximum atomic E-state index is 13.6. The zero-order valence-electron chi connectivity index (χ0n) is 9.86. The van der Waals surface area contributed by atoms with E-state index in [0.717, 1.165) is 4.47 Å². The summed E-state index contributed by atoms with van der Waals surface area (Å²) in [5.41, 5.74) is 0.289. The van der Waals surface area contributed by atoms with Crippen molar-refractivity contribution < 1.29 is 13.6 Å². The van der Waals surface area contributed by atoms with Gasteiger partial charge in [-0.3, -0.25) is 9.78 Å². The number of ketones is 1. The SMILES string of the molecule is O=C(c1cc2cccc(F)c2o1)c1ncc(Br)cc1Br. The summed E-state index contributed by atoms with van der Waals surface area (Å²) in [4.78, 5) is 16.4. The second-order valence-corrected chi connectivity index (χ2v) is 5.85. The van der Waals surface area contributed by atoms with Gasteiger partial charge in [0.15, 0.2) is 17.2 Å². The Morgan fingerprint density at radius 3 is 2.75 bits per heavy atom. The Hall–Kier alpha value is -1.53. The molecule has 100 valence electrons. The molecule has 0 aliphatic heterocycles. The number of rotatable bonds is 2. The molecule has 0 spiro atoms. The molecule has 0 aliphatic carbocycles. The van der Waals surface area contributed by atoms with Crippen LogP contribution in [0.1, 0.15) is 16.2 Å². The molecule has 0 N–H and O–H groups in total. The summed E-state index contributed by atoms with van der Waals surface area (Å²) in [6, 6.07) is 7.76. The number of carbonyl (C=O) groups is 1. The van der Waals surface area contributed by atoms with E-state index in [9.17, 15) is 9.18 Å². The third-order valence-corrected chi connectivity index (χ3v) is 3.78. The lowest BCUT2D eigenvalue weighted by Gasteiger charge is -2.00. The van der Waals surface area contributed by atoms with E-state index < -0.39 is 11.6 Å². The first-order chi connectivity index (χ1) is 9.56. The molecular weight excluding hydrogens is 393 g/mol. The molecule has 6 heteroatoms. The first-order valence-electron chi connectivity index (χ1n) is 5.60. The van der Waals surface area contributed by atoms with Crippen molar-refractivity contribution in [2.75, 3.05) is 0 Å². The van der Waals surface area contributed by atoms with Crippen LogP contribution in [0.5, 0.6) is 0 Å². The molecule has 0 amide bonds. The van der Waals surface area contributed by atoms with E-state index in [1.807, 2.05) is 0 Å². The van der Waals surface area contributed by atoms with Gasteiger partial charge in [-0.2, -0.15) is 0 Å². The number of para-hydroxylation sites is 1. The van der Waals surface area contributed by atoms with Crippen molar-refractivity contribution in [2.24, 2.45) is 0 Å². The Bertz CT molecular complexity index is 829. The summed E-state index contributed by atoms with van der Waals surface area (Å²) in [6.45, 7) is 0. The predicted octanol–water partition coefficient (Wildman–Crippen LogP) is 4.72. The van der Waals surface area contributed by atoms with Crippen molar-refractivity contribution in [1.29, 1.82) is 0 Å². The van der Waals surface area contributed by atoms with Crippen LogP contribution in [0.25, 0.3) is 11.0 Å². The van der Waals surface area contributed by atoms with Crippen LogP contribution in [0.4, 0.5) is 4.39 Å². The first kappa shape index (κ1) is 13.5. The van der Waals surface area contributed by atoms with Crippen molar-refractivity contribution >= 4 is 48.6 Å². The monoisotopic (exact) mass is 397 g/mol. The molecule has 1 aromatic carbocycles. The molecule has 0 atom stereocenters. The maximum Gasteiger partial charge on any atom is 0.247 e. The van der Waals surface area contributed by atoms with Gasteiger partial charge in [0.2, 0.25) is 5.78 Å². The number of fused-ring (bicyclic) bond motifs is 1. The van der Waals surface area contributed by atoms with Crippen LogP contribution in [-0.4, -0.2) is 10.8 Å². The van der Waals surface area contributed by atoms with Gasteiger partial charge in [0.25, 0.3) is 0 Å². The molecule has 3 aromatic rings. The van der Waals surface area contributed by atoms with Crippen LogP contribution >= 0.6 is 31.9 Å². The smallest absolute Gasteiger partial charge is 0.247 e. The van der Waals surface area contributed by atoms with Gasteiger partial charge in [0.05, 0.1) is 0 Å². The van der Waals surface area contributed by atoms with Gasteiger partial charge >= 0.3 is 0 Å². The third-order valence-electron chi connectivity index (χ3n) is 2.74. The van der Waals surface area contributed by atoms with E-state index in [1.54, 1.807) is 18.2 Å². The molecule has 0 unspecified atom stereocenters. The van der Waals surface area contributed by atoms with Gasteiger partial charge in [-0.05, 0) is 50.1 Å². The van der Waals surface area contributed by atoms with Crippen LogP contribution in [0, 0.1) is 5.82 Å². The number of carbonyl (C=O) groups excluding carboxylic acids is 1. The number of furan rings is 1. The fourth-order valence-electron chi connectivity index (χ4n) is 1.84. The zero-order chi connectivity index (χ0) is 14.3. The second-order valence-electron chi connectivity index (χ2n) is 4.08. The zero-order valence-corrected chi connectivity index (χ0v) is 13.0. The summed E-state index contributed by atoms with van der Waals surface area (Å²) < 4.78 is 20.2. The Kier molecular flexibility index (Phi) is 3.43. The normalized spacial score (nSPS) is 10.9. The van der Waals surface area contributed by atoms with Gasteiger partial charge in [-0.15, -0.1) is 0 Å². The van der Waals surface area contributed by atoms with Crippen LogP contribution in [-0.2, 0) is 0 Å². The Morgan fingerprint density at radius 2 is 2.05 bits per heavy atom. The maximum absolute atomic E-state index is 13.6. The number of aromatic nitrogens is 1. The molecule has 0 aliphatic rings. The van der Waals surface area contributed by atoms with E-state index >= 15 is 0 Å². The lowest BCUT2D eigenvalue weighted by Crippen LogP contribution is -2.03. The minimum absolute atomic E-state index is 0.0561. The molecule has 3 rings (SSSR count). The molecule has 0 saturated heterocycles. The molecule has 3 nitrogen and oxygen atoms in total. The number of halogens is 3. The van der Waals surface area contributed by atoms with E-state index in [-0.39, 0.29) is 17.0 Å². The Morgan fingerprint density at radius 1 is 1.25 bits per heavy atom. The molecule has 2 aromatic heterocycles. The number of nitrogens with zero attached hydrogens (tertiary/aromatic N) is 1. The summed E-state index contributed by atoms with van der Waals surface area (Å²) in [5.74, 6) is -0.843. The molecular formula is C14H6Br2FNO2. The highest BCUT2D eigenvalue weighted by Gasteiger charge is 2.19. The van der Waals surface area contributed by atoms with Gasteiger partial charge < -0.3 is 4.42 Å². The standard InChI is InChI=1S/C14H6Br2FNO2/c15-8-5-9(16)12(18-6-8)13(19)11-4-7-2-1-3-10(17)14(7)20-11/h1-6H. The molecule has 20 heavy (non-hydrogen) atoms. The van der Waals surface area contributed by atoms with E-state index in [4.69, 9.17) is 4.42 Å². The van der Waals surface area contributed by atoms with Crippen molar-refractivity contribution in [3.63, 3.8) is 0 Å². The van der Waals surface area contributed by atoms with Crippen molar-refractivity contribution in [3.05, 3.63) is 62.7 Å². The lowest BCUT2D eigenvalue weighted by atomic mass is 10.2. The molecule has 0 radical (unpaired) electrons. The van der Waals surface area contributed by atoms with Gasteiger partial charge in [-0.1, -0.05) is 12.1 Å². The minimum Gasteiger partial charge on any atom is -0.449 e. The topological polar surface area (TPSA) is 43.1 Å². The predicted molar refractivity (Wildman–Crippen MR) is 79.2 cm³/mol. The molecule has 0 fully saturated rings. The van der Waals surface area contributed by atoms with Crippen LogP contribution in [0.3, 0.4) is 0 Å². The molecule has 2 heterocycles. The average Bonchev–Trinajstić information content (AvgIpc) is 2.83. The first-order valence-corrected chi connectivity index (χ1v) is 7.18. The average molecular weight is 399 g/mol. The van der Waals surface area contributed by atoms with Crippen LogP contribution in [0.2, 0.25) is 0 Å². The number of pyridine rings is 1. The Labute approximate surface area is 130 Å². The van der Waals surface area contributed by atoms with E-state index in [0.29, 0.717) is 9.86 Å². The summed E-state index contributed by atoms with van der Waals surface area (Å²) in [5, 5.41) is 0.543. The summed E-state index contributed by atoms with van der Waals surface area (Å²) in [7, 11) is 0. The highest BCUT2D eigenvalue weighted by atomic mass is 79.9. The second kappa shape index (κ2) is 5.10. The van der Waals surface area contributed by atoms with E-state index in [1.165, 1.54) is 18.3 Å². The molecule has 0 saturated carbocycles. The van der Waals surface area contributed by atoms with Gasteiger partial charge in [0.1, 0.15) is 5.69 Å². The van der Waals surface area contributed by atoms with Crippen molar-refractivity contribution in [2.45, 2.75) is 0 Å². The fraction of sp³-hybridized carbons (Fsp3) is 0. The fourth-order valence-corrected chi connectivity index (χ4v) is 3.01. The van der Waals surface area contributed by atoms with Crippen molar-refractivity contribution in [3.8, 4) is 0 Å². The quantitative estimate of drug-likeness (QED) is 0.586. The number of hydrogen-bond acceptors (Lipinski definition) is 3. The lowest BCUT2D eigenvalue weighted by molar-refractivity contribution is 0.101. The highest BCUT2D eigenvalue weighted by molar-refractivity contribution is 9.11. The Balaban J connectivity index is 2.10. The van der Waals surface area contributed by atoms with E-state index in [2.05, 4.69) is 36.8 Å². The van der Waals surface area contributed by atoms with Crippen LogP contribution in [0.15, 0.2) is 49.9 Å². The largest absolute Gasteiger partial charge is 0.449 e. The van der Waals surface area contributed by atoms with Crippen molar-refractivity contribution in [1.82, 2.24) is 4.98 Å².